The lowest BCUT2D eigenvalue weighted by molar-refractivity contribution is -0.274. The Morgan fingerprint density at radius 1 is 1.15 bits per heavy atom. The summed E-state index contributed by atoms with van der Waals surface area (Å²) in [7, 11) is -3.90. The Labute approximate surface area is 196 Å². The molecule has 0 saturated carbocycles. The number of benzene rings is 2. The van der Waals surface area contributed by atoms with Gasteiger partial charge < -0.3 is 14.4 Å². The van der Waals surface area contributed by atoms with Crippen molar-refractivity contribution in [2.45, 2.75) is 18.9 Å². The van der Waals surface area contributed by atoms with E-state index in [0.29, 0.717) is 25.2 Å². The molecule has 1 amide bonds. The minimum Gasteiger partial charge on any atom is -0.487 e. The molecule has 0 aliphatic carbocycles. The minimum absolute atomic E-state index is 0.0520. The van der Waals surface area contributed by atoms with Gasteiger partial charge in [0.25, 0.3) is 5.91 Å². The fourth-order valence-corrected chi connectivity index (χ4v) is 4.02. The zero-order chi connectivity index (χ0) is 24.6. The van der Waals surface area contributed by atoms with Crippen LogP contribution >= 0.6 is 23.2 Å². The number of hydrogen-bond donors (Lipinski definition) is 1. The van der Waals surface area contributed by atoms with Gasteiger partial charge in [0.1, 0.15) is 23.4 Å². The first-order valence-electron chi connectivity index (χ1n) is 9.20. The summed E-state index contributed by atoms with van der Waals surface area (Å²) in [4.78, 5) is 13.7. The SMILES string of the molecule is CS(=O)(=O)NC(=O)c1cc(Cl)c(O[C@H]2CCN(c3ccc(OC(F)(F)F)c(Cl)c3)C2)cc1F. The summed E-state index contributed by atoms with van der Waals surface area (Å²) in [5.74, 6) is -2.78. The topological polar surface area (TPSA) is 84.9 Å². The van der Waals surface area contributed by atoms with E-state index in [0.717, 1.165) is 24.5 Å². The van der Waals surface area contributed by atoms with Gasteiger partial charge in [0.15, 0.2) is 0 Å². The lowest BCUT2D eigenvalue weighted by Gasteiger charge is -2.20. The largest absolute Gasteiger partial charge is 0.573 e. The van der Waals surface area contributed by atoms with E-state index >= 15 is 0 Å². The van der Waals surface area contributed by atoms with Crippen LogP contribution in [0.15, 0.2) is 30.3 Å². The van der Waals surface area contributed by atoms with E-state index in [-0.39, 0.29) is 15.8 Å². The molecule has 0 aromatic heterocycles. The van der Waals surface area contributed by atoms with Crippen LogP contribution in [0.1, 0.15) is 16.8 Å². The van der Waals surface area contributed by atoms with Crippen LogP contribution in [-0.2, 0) is 10.0 Å². The summed E-state index contributed by atoms with van der Waals surface area (Å²) in [6, 6.07) is 5.68. The summed E-state index contributed by atoms with van der Waals surface area (Å²) < 4.78 is 85.1. The Hall–Kier alpha value is -2.44. The molecule has 0 spiro atoms. The Balaban J connectivity index is 1.68. The van der Waals surface area contributed by atoms with Crippen molar-refractivity contribution in [1.29, 1.82) is 0 Å². The highest BCUT2D eigenvalue weighted by molar-refractivity contribution is 7.89. The number of sulfonamides is 1. The van der Waals surface area contributed by atoms with Gasteiger partial charge in [0.2, 0.25) is 10.0 Å². The fourth-order valence-electron chi connectivity index (χ4n) is 3.15. The molecule has 3 rings (SSSR count). The average molecular weight is 531 g/mol. The predicted molar refractivity (Wildman–Crippen MR) is 113 cm³/mol. The number of rotatable bonds is 6. The molecular formula is C19H16Cl2F4N2O5S. The fraction of sp³-hybridized carbons (Fsp3) is 0.316. The number of hydrogen-bond acceptors (Lipinski definition) is 6. The number of carbonyl (C=O) groups is 1. The van der Waals surface area contributed by atoms with E-state index in [1.807, 2.05) is 0 Å². The summed E-state index contributed by atoms with van der Waals surface area (Å²) >= 11 is 12.0. The summed E-state index contributed by atoms with van der Waals surface area (Å²) in [5, 5.41) is -0.326. The van der Waals surface area contributed by atoms with Crippen LogP contribution in [-0.4, -0.2) is 46.1 Å². The molecule has 7 nitrogen and oxygen atoms in total. The standard InChI is InChI=1S/C19H16Cl2F4N2O5S/c1-33(29,30)26-18(28)12-7-14(21)17(8-15(12)22)31-11-4-5-27(9-11)10-2-3-16(13(20)6-10)32-19(23,24)25/h2-3,6-8,11H,4-5,9H2,1H3,(H,26,28)/t11-/m0/s1. The zero-order valence-electron chi connectivity index (χ0n) is 16.7. The molecule has 14 heteroatoms. The molecule has 180 valence electrons. The van der Waals surface area contributed by atoms with E-state index in [1.54, 1.807) is 9.62 Å². The predicted octanol–water partition coefficient (Wildman–Crippen LogP) is 4.38. The Morgan fingerprint density at radius 3 is 2.42 bits per heavy atom. The molecule has 1 aliphatic rings. The van der Waals surface area contributed by atoms with Crippen molar-refractivity contribution >= 4 is 44.8 Å². The van der Waals surface area contributed by atoms with E-state index in [9.17, 15) is 30.8 Å². The Bertz CT molecular complexity index is 1180. The van der Waals surface area contributed by atoms with Gasteiger partial charge in [-0.2, -0.15) is 0 Å². The van der Waals surface area contributed by atoms with Crippen LogP contribution in [0.5, 0.6) is 11.5 Å². The third-order valence-corrected chi connectivity index (χ3v) is 5.64. The lowest BCUT2D eigenvalue weighted by atomic mass is 10.2. The molecule has 0 unspecified atom stereocenters. The van der Waals surface area contributed by atoms with Crippen LogP contribution in [0.3, 0.4) is 0 Å². The van der Waals surface area contributed by atoms with Crippen molar-refractivity contribution in [2.75, 3.05) is 24.2 Å². The van der Waals surface area contributed by atoms with Crippen molar-refractivity contribution in [3.05, 3.63) is 51.8 Å². The van der Waals surface area contributed by atoms with Crippen molar-refractivity contribution in [3.63, 3.8) is 0 Å². The third kappa shape index (κ3) is 6.78. The second-order valence-corrected chi connectivity index (χ2v) is 9.67. The highest BCUT2D eigenvalue weighted by atomic mass is 35.5. The molecular weight excluding hydrogens is 515 g/mol. The van der Waals surface area contributed by atoms with Crippen molar-refractivity contribution in [3.8, 4) is 11.5 Å². The van der Waals surface area contributed by atoms with Gasteiger partial charge in [-0.25, -0.2) is 17.5 Å². The van der Waals surface area contributed by atoms with Gasteiger partial charge in [-0.15, -0.1) is 13.2 Å². The van der Waals surface area contributed by atoms with Crippen LogP contribution in [0.2, 0.25) is 10.0 Å². The second-order valence-electron chi connectivity index (χ2n) is 7.10. The molecule has 0 radical (unpaired) electrons. The number of nitrogens with one attached hydrogen (secondary N) is 1. The van der Waals surface area contributed by atoms with E-state index in [1.165, 1.54) is 12.1 Å². The first-order valence-corrected chi connectivity index (χ1v) is 11.8. The quantitative estimate of drug-likeness (QED) is 0.558. The molecule has 1 N–H and O–H groups in total. The van der Waals surface area contributed by atoms with Gasteiger partial charge in [-0.05, 0) is 24.3 Å². The number of anilines is 1. The summed E-state index contributed by atoms with van der Waals surface area (Å²) in [6.07, 6.45) is -4.10. The molecule has 2 aromatic rings. The molecule has 1 heterocycles. The highest BCUT2D eigenvalue weighted by Gasteiger charge is 2.32. The van der Waals surface area contributed by atoms with Gasteiger partial charge in [-0.3, -0.25) is 4.79 Å². The monoisotopic (exact) mass is 530 g/mol. The highest BCUT2D eigenvalue weighted by Crippen LogP contribution is 2.35. The molecule has 1 atom stereocenters. The molecule has 1 fully saturated rings. The van der Waals surface area contributed by atoms with Crippen molar-refractivity contribution in [2.24, 2.45) is 0 Å². The third-order valence-electron chi connectivity index (χ3n) is 4.49. The maximum atomic E-state index is 14.4. The van der Waals surface area contributed by atoms with Crippen LogP contribution in [0.25, 0.3) is 0 Å². The number of nitrogens with zero attached hydrogens (tertiary/aromatic N) is 1. The molecule has 1 aliphatic heterocycles. The van der Waals surface area contributed by atoms with Gasteiger partial charge in [0.05, 0.1) is 28.4 Å². The smallest absolute Gasteiger partial charge is 0.487 e. The minimum atomic E-state index is -4.87. The summed E-state index contributed by atoms with van der Waals surface area (Å²) in [5.41, 5.74) is -0.0349. The van der Waals surface area contributed by atoms with E-state index < -0.39 is 45.5 Å². The van der Waals surface area contributed by atoms with Crippen LogP contribution < -0.4 is 19.1 Å². The van der Waals surface area contributed by atoms with Crippen LogP contribution in [0.4, 0.5) is 23.2 Å². The number of halogens is 6. The molecule has 0 bridgehead atoms. The number of alkyl halides is 3. The number of ether oxygens (including phenoxy) is 2. The van der Waals surface area contributed by atoms with Crippen LogP contribution in [0, 0.1) is 5.82 Å². The van der Waals surface area contributed by atoms with E-state index in [2.05, 4.69) is 4.74 Å². The second kappa shape index (κ2) is 9.43. The van der Waals surface area contributed by atoms with E-state index in [4.69, 9.17) is 27.9 Å². The van der Waals surface area contributed by atoms with Gasteiger partial charge >= 0.3 is 6.36 Å². The maximum absolute atomic E-state index is 14.4. The maximum Gasteiger partial charge on any atom is 0.573 e. The Morgan fingerprint density at radius 2 is 1.82 bits per heavy atom. The zero-order valence-corrected chi connectivity index (χ0v) is 19.1. The van der Waals surface area contributed by atoms with Crippen molar-refractivity contribution in [1.82, 2.24) is 4.72 Å². The lowest BCUT2D eigenvalue weighted by Crippen LogP contribution is -2.30. The number of amides is 1. The first kappa shape index (κ1) is 25.2. The average Bonchev–Trinajstić information content (AvgIpc) is 3.12. The summed E-state index contributed by atoms with van der Waals surface area (Å²) in [6.45, 7) is 0.763. The number of carbonyl (C=O) groups excluding carboxylic acids is 1. The Kier molecular flexibility index (Phi) is 7.20. The van der Waals surface area contributed by atoms with Gasteiger partial charge in [0, 0.05) is 24.7 Å². The molecule has 2 aromatic carbocycles. The molecule has 1 saturated heterocycles. The normalized spacial score (nSPS) is 16.6. The van der Waals surface area contributed by atoms with Gasteiger partial charge in [-0.1, -0.05) is 23.2 Å². The molecule has 33 heavy (non-hydrogen) atoms. The van der Waals surface area contributed by atoms with Crippen molar-refractivity contribution < 1.29 is 40.2 Å². The first-order chi connectivity index (χ1) is 15.2.